The highest BCUT2D eigenvalue weighted by atomic mass is 16.3. The van der Waals surface area contributed by atoms with Gasteiger partial charge in [0.1, 0.15) is 0 Å². The first-order valence-electron chi connectivity index (χ1n) is 6.99. The molecule has 1 saturated carbocycles. The van der Waals surface area contributed by atoms with Gasteiger partial charge in [-0.3, -0.25) is 4.79 Å². The van der Waals surface area contributed by atoms with Crippen LogP contribution in [-0.2, 0) is 4.79 Å². The number of amides is 1. The average Bonchev–Trinajstić information content (AvgIpc) is 2.45. The molecule has 0 aliphatic heterocycles. The molecule has 1 aromatic rings. The fourth-order valence-corrected chi connectivity index (χ4v) is 2.47. The van der Waals surface area contributed by atoms with Crippen LogP contribution in [0.3, 0.4) is 0 Å². The molecule has 4 nitrogen and oxygen atoms in total. The summed E-state index contributed by atoms with van der Waals surface area (Å²) in [7, 11) is 0. The molecular formula is C15H22N2O2. The number of para-hydroxylation sites is 1. The number of rotatable bonds is 5. The van der Waals surface area contributed by atoms with Crippen LogP contribution in [0.4, 0.5) is 5.69 Å². The zero-order valence-corrected chi connectivity index (χ0v) is 11.1. The first kappa shape index (κ1) is 13.9. The Morgan fingerprint density at radius 3 is 2.68 bits per heavy atom. The molecule has 1 aliphatic rings. The molecule has 0 radical (unpaired) electrons. The quantitative estimate of drug-likeness (QED) is 0.758. The van der Waals surface area contributed by atoms with Gasteiger partial charge in [0.25, 0.3) is 0 Å². The summed E-state index contributed by atoms with van der Waals surface area (Å²) in [4.78, 5) is 11.7. The van der Waals surface area contributed by atoms with Gasteiger partial charge in [-0.05, 0) is 25.0 Å². The second kappa shape index (κ2) is 7.14. The fraction of sp³-hybridized carbons (Fsp3) is 0.533. The molecule has 104 valence electrons. The Bertz CT molecular complexity index is 394. The number of aliphatic hydroxyl groups excluding tert-OH is 1. The van der Waals surface area contributed by atoms with Gasteiger partial charge in [0, 0.05) is 18.2 Å². The third-order valence-corrected chi connectivity index (χ3v) is 3.66. The van der Waals surface area contributed by atoms with Gasteiger partial charge >= 0.3 is 0 Å². The minimum absolute atomic E-state index is 0.0263. The van der Waals surface area contributed by atoms with Crippen molar-refractivity contribution in [2.24, 2.45) is 5.92 Å². The zero-order chi connectivity index (χ0) is 13.5. The van der Waals surface area contributed by atoms with E-state index < -0.39 is 0 Å². The van der Waals surface area contributed by atoms with Gasteiger partial charge in [-0.15, -0.1) is 0 Å². The van der Waals surface area contributed by atoms with Crippen molar-refractivity contribution in [3.05, 3.63) is 30.3 Å². The highest BCUT2D eigenvalue weighted by Gasteiger charge is 2.23. The van der Waals surface area contributed by atoms with Crippen LogP contribution in [0.1, 0.15) is 25.7 Å². The summed E-state index contributed by atoms with van der Waals surface area (Å²) in [6, 6.07) is 9.66. The first-order valence-corrected chi connectivity index (χ1v) is 6.99. The van der Waals surface area contributed by atoms with Gasteiger partial charge in [0.2, 0.25) is 5.91 Å². The summed E-state index contributed by atoms with van der Waals surface area (Å²) >= 11 is 0. The van der Waals surface area contributed by atoms with E-state index in [1.165, 1.54) is 0 Å². The predicted molar refractivity (Wildman–Crippen MR) is 75.9 cm³/mol. The van der Waals surface area contributed by atoms with E-state index >= 15 is 0 Å². The first-order chi connectivity index (χ1) is 9.25. The minimum atomic E-state index is -0.254. The smallest absolute Gasteiger partial charge is 0.239 e. The maximum absolute atomic E-state index is 11.7. The SMILES string of the molecule is O=C(CNc1ccccc1)NCC1CCCCC1O. The second-order valence-electron chi connectivity index (χ2n) is 5.14. The third kappa shape index (κ3) is 4.56. The molecule has 0 aromatic heterocycles. The van der Waals surface area contributed by atoms with Crippen molar-refractivity contribution in [2.45, 2.75) is 31.8 Å². The lowest BCUT2D eigenvalue weighted by molar-refractivity contribution is -0.119. The molecule has 4 heteroatoms. The van der Waals surface area contributed by atoms with Crippen molar-refractivity contribution in [2.75, 3.05) is 18.4 Å². The van der Waals surface area contributed by atoms with E-state index in [-0.39, 0.29) is 24.5 Å². The molecule has 0 bridgehead atoms. The summed E-state index contributed by atoms with van der Waals surface area (Å²) in [5.74, 6) is 0.191. The van der Waals surface area contributed by atoms with Crippen LogP contribution in [0.2, 0.25) is 0 Å². The summed E-state index contributed by atoms with van der Waals surface area (Å²) in [6.07, 6.45) is 3.87. The maximum Gasteiger partial charge on any atom is 0.239 e. The number of aliphatic hydroxyl groups is 1. The van der Waals surface area contributed by atoms with Gasteiger partial charge in [-0.1, -0.05) is 31.0 Å². The number of hydrogen-bond donors (Lipinski definition) is 3. The topological polar surface area (TPSA) is 61.4 Å². The Morgan fingerprint density at radius 1 is 1.21 bits per heavy atom. The van der Waals surface area contributed by atoms with E-state index in [0.29, 0.717) is 6.54 Å². The van der Waals surface area contributed by atoms with E-state index in [1.54, 1.807) is 0 Å². The molecular weight excluding hydrogens is 240 g/mol. The number of hydrogen-bond acceptors (Lipinski definition) is 3. The average molecular weight is 262 g/mol. The molecule has 1 amide bonds. The number of nitrogens with one attached hydrogen (secondary N) is 2. The number of benzene rings is 1. The Balaban J connectivity index is 1.67. The zero-order valence-electron chi connectivity index (χ0n) is 11.1. The number of carbonyl (C=O) groups excluding carboxylic acids is 1. The largest absolute Gasteiger partial charge is 0.393 e. The van der Waals surface area contributed by atoms with Crippen molar-refractivity contribution >= 4 is 11.6 Å². The van der Waals surface area contributed by atoms with Crippen LogP contribution in [0.25, 0.3) is 0 Å². The standard InChI is InChI=1S/C15H22N2O2/c18-14-9-5-4-6-12(14)10-17-15(19)11-16-13-7-2-1-3-8-13/h1-3,7-8,12,14,16,18H,4-6,9-11H2,(H,17,19). The molecule has 1 aromatic carbocycles. The van der Waals surface area contributed by atoms with E-state index in [0.717, 1.165) is 31.4 Å². The summed E-state index contributed by atoms with van der Waals surface area (Å²) < 4.78 is 0. The van der Waals surface area contributed by atoms with E-state index in [2.05, 4.69) is 10.6 Å². The van der Waals surface area contributed by atoms with Crippen molar-refractivity contribution in [1.29, 1.82) is 0 Å². The summed E-state index contributed by atoms with van der Waals surface area (Å²) in [5.41, 5.74) is 0.940. The molecule has 2 rings (SSSR count). The lowest BCUT2D eigenvalue weighted by Crippen LogP contribution is -2.38. The minimum Gasteiger partial charge on any atom is -0.393 e. The Morgan fingerprint density at radius 2 is 1.95 bits per heavy atom. The number of carbonyl (C=O) groups is 1. The molecule has 0 heterocycles. The van der Waals surface area contributed by atoms with Crippen LogP contribution >= 0.6 is 0 Å². The molecule has 1 aliphatic carbocycles. The number of anilines is 1. The van der Waals surface area contributed by atoms with Crippen LogP contribution < -0.4 is 10.6 Å². The summed E-state index contributed by atoms with van der Waals surface area (Å²) in [5, 5.41) is 15.8. The molecule has 3 N–H and O–H groups in total. The Hall–Kier alpha value is -1.55. The lowest BCUT2D eigenvalue weighted by atomic mass is 9.86. The van der Waals surface area contributed by atoms with E-state index in [9.17, 15) is 9.90 Å². The monoisotopic (exact) mass is 262 g/mol. The lowest BCUT2D eigenvalue weighted by Gasteiger charge is -2.27. The van der Waals surface area contributed by atoms with Crippen molar-refractivity contribution < 1.29 is 9.90 Å². The van der Waals surface area contributed by atoms with Gasteiger partial charge < -0.3 is 15.7 Å². The normalized spacial score (nSPS) is 22.8. The summed E-state index contributed by atoms with van der Waals surface area (Å²) in [6.45, 7) is 0.850. The van der Waals surface area contributed by atoms with Gasteiger partial charge in [-0.25, -0.2) is 0 Å². The van der Waals surface area contributed by atoms with Crippen LogP contribution in [-0.4, -0.2) is 30.2 Å². The van der Waals surface area contributed by atoms with Gasteiger partial charge in [0.05, 0.1) is 12.6 Å². The van der Waals surface area contributed by atoms with Gasteiger partial charge in [0.15, 0.2) is 0 Å². The highest BCUT2D eigenvalue weighted by Crippen LogP contribution is 2.23. The molecule has 19 heavy (non-hydrogen) atoms. The molecule has 1 fully saturated rings. The Kier molecular flexibility index (Phi) is 5.21. The van der Waals surface area contributed by atoms with Crippen LogP contribution in [0.5, 0.6) is 0 Å². The second-order valence-corrected chi connectivity index (χ2v) is 5.14. The van der Waals surface area contributed by atoms with Gasteiger partial charge in [-0.2, -0.15) is 0 Å². The van der Waals surface area contributed by atoms with Crippen molar-refractivity contribution in [3.63, 3.8) is 0 Å². The van der Waals surface area contributed by atoms with E-state index in [1.807, 2.05) is 30.3 Å². The third-order valence-electron chi connectivity index (χ3n) is 3.66. The molecule has 0 saturated heterocycles. The molecule has 0 spiro atoms. The highest BCUT2D eigenvalue weighted by molar-refractivity contribution is 5.80. The molecule has 2 atom stereocenters. The van der Waals surface area contributed by atoms with E-state index in [4.69, 9.17) is 0 Å². The van der Waals surface area contributed by atoms with Crippen LogP contribution in [0, 0.1) is 5.92 Å². The van der Waals surface area contributed by atoms with Crippen LogP contribution in [0.15, 0.2) is 30.3 Å². The Labute approximate surface area is 114 Å². The predicted octanol–water partition coefficient (Wildman–Crippen LogP) is 1.77. The fourth-order valence-electron chi connectivity index (χ4n) is 2.47. The maximum atomic E-state index is 11.7. The van der Waals surface area contributed by atoms with Crippen molar-refractivity contribution in [3.8, 4) is 0 Å². The molecule has 2 unspecified atom stereocenters. The van der Waals surface area contributed by atoms with Crippen molar-refractivity contribution in [1.82, 2.24) is 5.32 Å².